The lowest BCUT2D eigenvalue weighted by Gasteiger charge is -2.35. The van der Waals surface area contributed by atoms with Crippen LogP contribution in [-0.2, 0) is 6.54 Å². The number of nitrogens with zero attached hydrogens (tertiary/aromatic N) is 2. The summed E-state index contributed by atoms with van der Waals surface area (Å²) in [6, 6.07) is 6.53. The number of benzene rings is 1. The number of piperazine rings is 1. The maximum absolute atomic E-state index is 12.4. The van der Waals surface area contributed by atoms with Crippen LogP contribution in [0.2, 0.25) is 0 Å². The van der Waals surface area contributed by atoms with Gasteiger partial charge in [0.2, 0.25) is 5.58 Å². The topological polar surface area (TPSA) is 74.2 Å². The molecule has 2 N–H and O–H groups in total. The lowest BCUT2D eigenvalue weighted by atomic mass is 10.1. The van der Waals surface area contributed by atoms with Crippen LogP contribution in [0.3, 0.4) is 0 Å². The first kappa shape index (κ1) is 15.8. The Morgan fingerprint density at radius 1 is 1.33 bits per heavy atom. The van der Waals surface area contributed by atoms with Crippen molar-refractivity contribution >= 4 is 38.0 Å². The number of aromatic nitrogens is 2. The number of fused-ring (bicyclic) bond motifs is 3. The van der Waals surface area contributed by atoms with E-state index in [0.717, 1.165) is 22.9 Å². The van der Waals surface area contributed by atoms with Crippen molar-refractivity contribution < 1.29 is 4.42 Å². The molecule has 0 bridgehead atoms. The van der Waals surface area contributed by atoms with Gasteiger partial charge in [-0.25, -0.2) is 4.98 Å². The number of rotatable bonds is 2. The van der Waals surface area contributed by atoms with E-state index in [-0.39, 0.29) is 11.1 Å². The number of H-pyrrole nitrogens is 1. The zero-order valence-corrected chi connectivity index (χ0v) is 15.2. The highest BCUT2D eigenvalue weighted by Crippen LogP contribution is 2.27. The van der Waals surface area contributed by atoms with E-state index in [1.54, 1.807) is 0 Å². The number of aromatic amines is 1. The molecule has 0 unspecified atom stereocenters. The fourth-order valence-corrected chi connectivity index (χ4v) is 3.89. The predicted octanol–water partition coefficient (Wildman–Crippen LogP) is 2.61. The van der Waals surface area contributed by atoms with Gasteiger partial charge < -0.3 is 14.7 Å². The Morgan fingerprint density at radius 2 is 2.08 bits per heavy atom. The van der Waals surface area contributed by atoms with Crippen LogP contribution in [0.15, 0.2) is 31.9 Å². The molecule has 2 atom stereocenters. The molecule has 0 spiro atoms. The number of nitrogens with one attached hydrogen (secondary N) is 2. The van der Waals surface area contributed by atoms with E-state index in [0.29, 0.717) is 35.6 Å². The van der Waals surface area contributed by atoms with Gasteiger partial charge in [0, 0.05) is 35.0 Å². The Hall–Kier alpha value is -1.70. The summed E-state index contributed by atoms with van der Waals surface area (Å²) in [4.78, 5) is 22.3. The highest BCUT2D eigenvalue weighted by Gasteiger charge is 2.22. The minimum atomic E-state index is -0.224. The zero-order chi connectivity index (χ0) is 16.8. The Morgan fingerprint density at radius 3 is 2.83 bits per heavy atom. The molecule has 0 saturated carbocycles. The summed E-state index contributed by atoms with van der Waals surface area (Å²) in [6.07, 6.45) is 0. The standard InChI is InChI=1S/C17H19BrN4O2/c1-9-6-22(7-10(2)19-9)8-14-20-15-12-5-11(18)3-4-13(12)24-16(15)17(23)21-14/h3-5,9-10,19H,6-8H2,1-2H3,(H,20,21,23)/t9-,10+. The Labute approximate surface area is 147 Å². The number of furan rings is 1. The second-order valence-corrected chi connectivity index (χ2v) is 7.51. The summed E-state index contributed by atoms with van der Waals surface area (Å²) in [5, 5.41) is 4.36. The van der Waals surface area contributed by atoms with Gasteiger partial charge >= 0.3 is 0 Å². The van der Waals surface area contributed by atoms with Gasteiger partial charge in [-0.1, -0.05) is 15.9 Å². The third-order valence-corrected chi connectivity index (χ3v) is 4.83. The van der Waals surface area contributed by atoms with Crippen LogP contribution in [0.25, 0.3) is 22.1 Å². The lowest BCUT2D eigenvalue weighted by Crippen LogP contribution is -2.53. The third kappa shape index (κ3) is 2.87. The summed E-state index contributed by atoms with van der Waals surface area (Å²) in [7, 11) is 0. The van der Waals surface area contributed by atoms with E-state index >= 15 is 0 Å². The molecule has 1 aliphatic rings. The minimum Gasteiger partial charge on any atom is -0.449 e. The molecule has 1 saturated heterocycles. The highest BCUT2D eigenvalue weighted by atomic mass is 79.9. The maximum Gasteiger partial charge on any atom is 0.294 e. The molecule has 0 aliphatic carbocycles. The zero-order valence-electron chi connectivity index (χ0n) is 13.6. The van der Waals surface area contributed by atoms with Crippen molar-refractivity contribution in [2.45, 2.75) is 32.5 Å². The smallest absolute Gasteiger partial charge is 0.294 e. The second-order valence-electron chi connectivity index (χ2n) is 6.60. The molecule has 24 heavy (non-hydrogen) atoms. The number of hydrogen-bond donors (Lipinski definition) is 2. The van der Waals surface area contributed by atoms with Gasteiger partial charge in [0.05, 0.1) is 6.54 Å². The van der Waals surface area contributed by atoms with E-state index in [1.807, 2.05) is 18.2 Å². The first-order valence-corrected chi connectivity index (χ1v) is 8.88. The van der Waals surface area contributed by atoms with Crippen molar-refractivity contribution in [2.24, 2.45) is 0 Å². The molecule has 3 heterocycles. The molecule has 2 aromatic heterocycles. The predicted molar refractivity (Wildman–Crippen MR) is 97.2 cm³/mol. The van der Waals surface area contributed by atoms with Gasteiger partial charge in [0.1, 0.15) is 16.9 Å². The van der Waals surface area contributed by atoms with E-state index in [9.17, 15) is 4.79 Å². The Kier molecular flexibility index (Phi) is 3.94. The molecule has 7 heteroatoms. The minimum absolute atomic E-state index is 0.224. The number of hydrogen-bond acceptors (Lipinski definition) is 5. The van der Waals surface area contributed by atoms with Crippen LogP contribution in [0.1, 0.15) is 19.7 Å². The molecule has 1 aliphatic heterocycles. The quantitative estimate of drug-likeness (QED) is 0.703. The summed E-state index contributed by atoms with van der Waals surface area (Å²) in [6.45, 7) is 6.84. The third-order valence-electron chi connectivity index (χ3n) is 4.34. The molecule has 4 rings (SSSR count). The molecule has 0 radical (unpaired) electrons. The lowest BCUT2D eigenvalue weighted by molar-refractivity contribution is 0.163. The van der Waals surface area contributed by atoms with Gasteiger partial charge in [-0.15, -0.1) is 0 Å². The van der Waals surface area contributed by atoms with Gasteiger partial charge in [-0.05, 0) is 32.0 Å². The van der Waals surface area contributed by atoms with Crippen molar-refractivity contribution in [3.63, 3.8) is 0 Å². The van der Waals surface area contributed by atoms with E-state index in [1.165, 1.54) is 0 Å². The van der Waals surface area contributed by atoms with Crippen LogP contribution >= 0.6 is 15.9 Å². The maximum atomic E-state index is 12.4. The molecule has 3 aromatic rings. The van der Waals surface area contributed by atoms with Crippen molar-refractivity contribution in [1.82, 2.24) is 20.2 Å². The van der Waals surface area contributed by atoms with Gasteiger partial charge in [-0.2, -0.15) is 0 Å². The van der Waals surface area contributed by atoms with Crippen LogP contribution in [0.4, 0.5) is 0 Å². The summed E-state index contributed by atoms with van der Waals surface area (Å²) in [5.41, 5.74) is 1.36. The summed E-state index contributed by atoms with van der Waals surface area (Å²) in [5.74, 6) is 0.677. The van der Waals surface area contributed by atoms with Crippen LogP contribution < -0.4 is 10.9 Å². The average Bonchev–Trinajstić information content (AvgIpc) is 2.85. The van der Waals surface area contributed by atoms with Crippen molar-refractivity contribution in [3.05, 3.63) is 38.9 Å². The largest absolute Gasteiger partial charge is 0.449 e. The van der Waals surface area contributed by atoms with Crippen LogP contribution in [-0.4, -0.2) is 40.0 Å². The van der Waals surface area contributed by atoms with Crippen LogP contribution in [0, 0.1) is 0 Å². The van der Waals surface area contributed by atoms with Crippen LogP contribution in [0.5, 0.6) is 0 Å². The van der Waals surface area contributed by atoms with Gasteiger partial charge in [0.15, 0.2) is 0 Å². The van der Waals surface area contributed by atoms with Gasteiger partial charge in [-0.3, -0.25) is 9.69 Å². The number of halogens is 1. The Bertz CT molecular complexity index is 954. The first-order chi connectivity index (χ1) is 11.5. The average molecular weight is 391 g/mol. The molecular weight excluding hydrogens is 372 g/mol. The molecule has 126 valence electrons. The van der Waals surface area contributed by atoms with Crippen molar-refractivity contribution in [1.29, 1.82) is 0 Å². The Balaban J connectivity index is 1.75. The van der Waals surface area contributed by atoms with E-state index < -0.39 is 0 Å². The highest BCUT2D eigenvalue weighted by molar-refractivity contribution is 9.10. The normalized spacial score (nSPS) is 22.5. The molecule has 0 amide bonds. The van der Waals surface area contributed by atoms with Crippen molar-refractivity contribution in [2.75, 3.05) is 13.1 Å². The summed E-state index contributed by atoms with van der Waals surface area (Å²) >= 11 is 3.46. The molecular formula is C17H19BrN4O2. The first-order valence-electron chi connectivity index (χ1n) is 8.09. The molecule has 1 aromatic carbocycles. The van der Waals surface area contributed by atoms with Gasteiger partial charge in [0.25, 0.3) is 5.56 Å². The van der Waals surface area contributed by atoms with E-state index in [2.05, 4.69) is 50.0 Å². The van der Waals surface area contributed by atoms with E-state index in [4.69, 9.17) is 4.42 Å². The SMILES string of the molecule is C[C@@H]1CN(Cc2nc3c(oc4ccc(Br)cc43)c(=O)[nH]2)C[C@H](C)N1. The monoisotopic (exact) mass is 390 g/mol. The molecule has 6 nitrogen and oxygen atoms in total. The summed E-state index contributed by atoms with van der Waals surface area (Å²) < 4.78 is 6.60. The fraction of sp³-hybridized carbons (Fsp3) is 0.412. The van der Waals surface area contributed by atoms with Crippen molar-refractivity contribution in [3.8, 4) is 0 Å². The molecule has 1 fully saturated rings. The second kappa shape index (κ2) is 5.98. The fourth-order valence-electron chi connectivity index (χ4n) is 3.53.